The highest BCUT2D eigenvalue weighted by atomic mass is 32.1. The summed E-state index contributed by atoms with van der Waals surface area (Å²) in [5.74, 6) is 0.160. The molecule has 0 saturated heterocycles. The maximum Gasteiger partial charge on any atom is 0.212 e. The quantitative estimate of drug-likeness (QED) is 0.466. The molecule has 0 aliphatic heterocycles. The minimum atomic E-state index is -0.444. The number of aromatic nitrogens is 1. The van der Waals surface area contributed by atoms with E-state index in [1.54, 1.807) is 6.07 Å². The Balaban J connectivity index is 2.88. The maximum atomic E-state index is 12.1. The first-order chi connectivity index (χ1) is 4.33. The van der Waals surface area contributed by atoms with E-state index < -0.39 is 5.95 Å². The Morgan fingerprint density at radius 1 is 1.56 bits per heavy atom. The van der Waals surface area contributed by atoms with Crippen molar-refractivity contribution >= 4 is 12.6 Å². The molecule has 0 radical (unpaired) electrons. The van der Waals surface area contributed by atoms with Crippen LogP contribution in [-0.2, 0) is 5.75 Å². The standard InChI is InChI=1S/C6H6FNS/c7-6-2-1-5(4-9)3-8-6/h1-3,9H,4H2. The van der Waals surface area contributed by atoms with Gasteiger partial charge in [0.05, 0.1) is 0 Å². The number of rotatable bonds is 1. The molecule has 1 aromatic heterocycles. The van der Waals surface area contributed by atoms with Crippen LogP contribution in [0.3, 0.4) is 0 Å². The SMILES string of the molecule is Fc1ccc(CS)cn1. The Morgan fingerprint density at radius 2 is 2.33 bits per heavy atom. The lowest BCUT2D eigenvalue weighted by Gasteiger charge is -1.90. The topological polar surface area (TPSA) is 12.9 Å². The molecule has 9 heavy (non-hydrogen) atoms. The summed E-state index contributed by atoms with van der Waals surface area (Å²) in [6, 6.07) is 2.99. The van der Waals surface area contributed by atoms with Gasteiger partial charge in [0.25, 0.3) is 0 Å². The molecule has 1 aromatic rings. The Bertz CT molecular complexity index is 185. The molecule has 1 nitrogen and oxygen atoms in total. The molecule has 1 rings (SSSR count). The van der Waals surface area contributed by atoms with E-state index in [2.05, 4.69) is 17.6 Å². The molecule has 3 heteroatoms. The molecule has 0 fully saturated rings. The third-order valence-electron chi connectivity index (χ3n) is 0.971. The molecule has 0 spiro atoms. The van der Waals surface area contributed by atoms with E-state index in [0.29, 0.717) is 5.75 Å². The minimum absolute atomic E-state index is 0.444. The van der Waals surface area contributed by atoms with Crippen molar-refractivity contribution in [3.63, 3.8) is 0 Å². The number of pyridine rings is 1. The van der Waals surface area contributed by atoms with Crippen LogP contribution in [0.15, 0.2) is 18.3 Å². The first-order valence-corrected chi connectivity index (χ1v) is 3.17. The van der Waals surface area contributed by atoms with E-state index in [9.17, 15) is 4.39 Å². The van der Waals surface area contributed by atoms with Crippen molar-refractivity contribution in [3.05, 3.63) is 29.8 Å². The molecule has 0 aromatic carbocycles. The summed E-state index contributed by atoms with van der Waals surface area (Å²) < 4.78 is 12.1. The van der Waals surface area contributed by atoms with Crippen molar-refractivity contribution in [2.24, 2.45) is 0 Å². The van der Waals surface area contributed by atoms with Gasteiger partial charge in [0.1, 0.15) is 0 Å². The zero-order chi connectivity index (χ0) is 6.69. The molecule has 48 valence electrons. The van der Waals surface area contributed by atoms with Gasteiger partial charge >= 0.3 is 0 Å². The summed E-state index contributed by atoms with van der Waals surface area (Å²) in [5, 5.41) is 0. The number of halogens is 1. The number of hydrogen-bond acceptors (Lipinski definition) is 2. The largest absolute Gasteiger partial charge is 0.228 e. The van der Waals surface area contributed by atoms with Crippen molar-refractivity contribution in [1.29, 1.82) is 0 Å². The fraction of sp³-hybridized carbons (Fsp3) is 0.167. The summed E-state index contributed by atoms with van der Waals surface area (Å²) in [6.45, 7) is 0. The van der Waals surface area contributed by atoms with Crippen LogP contribution in [0.25, 0.3) is 0 Å². The average Bonchev–Trinajstić information content (AvgIpc) is 1.90. The molecule has 0 atom stereocenters. The monoisotopic (exact) mass is 143 g/mol. The predicted molar refractivity (Wildman–Crippen MR) is 36.9 cm³/mol. The van der Waals surface area contributed by atoms with Crippen LogP contribution in [0.1, 0.15) is 5.56 Å². The fourth-order valence-electron chi connectivity index (χ4n) is 0.500. The third-order valence-corrected chi connectivity index (χ3v) is 1.34. The molecule has 0 amide bonds. The summed E-state index contributed by atoms with van der Waals surface area (Å²) in [6.07, 6.45) is 1.47. The summed E-state index contributed by atoms with van der Waals surface area (Å²) in [5.41, 5.74) is 0.930. The van der Waals surface area contributed by atoms with Gasteiger partial charge in [-0.1, -0.05) is 6.07 Å². The smallest absolute Gasteiger partial charge is 0.212 e. The number of nitrogens with zero attached hydrogens (tertiary/aromatic N) is 1. The molecule has 1 heterocycles. The fourth-order valence-corrected chi connectivity index (χ4v) is 0.687. The van der Waals surface area contributed by atoms with Gasteiger partial charge in [0.15, 0.2) is 0 Å². The van der Waals surface area contributed by atoms with Gasteiger partial charge in [0, 0.05) is 11.9 Å². The van der Waals surface area contributed by atoms with Crippen LogP contribution in [0.4, 0.5) is 4.39 Å². The van der Waals surface area contributed by atoms with E-state index in [1.165, 1.54) is 12.3 Å². The van der Waals surface area contributed by atoms with Crippen molar-refractivity contribution in [2.75, 3.05) is 0 Å². The lowest BCUT2D eigenvalue weighted by atomic mass is 10.3. The van der Waals surface area contributed by atoms with Crippen molar-refractivity contribution < 1.29 is 4.39 Å². The summed E-state index contributed by atoms with van der Waals surface area (Å²) >= 11 is 3.98. The Kier molecular flexibility index (Phi) is 2.05. The lowest BCUT2D eigenvalue weighted by molar-refractivity contribution is 0.583. The Hall–Kier alpha value is -0.570. The van der Waals surface area contributed by atoms with Crippen LogP contribution in [0.2, 0.25) is 0 Å². The van der Waals surface area contributed by atoms with Gasteiger partial charge in [-0.25, -0.2) is 4.98 Å². The van der Waals surface area contributed by atoms with E-state index >= 15 is 0 Å². The van der Waals surface area contributed by atoms with E-state index in [0.717, 1.165) is 5.56 Å². The van der Waals surface area contributed by atoms with Gasteiger partial charge in [0.2, 0.25) is 5.95 Å². The number of hydrogen-bond donors (Lipinski definition) is 1. The van der Waals surface area contributed by atoms with E-state index in [-0.39, 0.29) is 0 Å². The first-order valence-electron chi connectivity index (χ1n) is 2.54. The maximum absolute atomic E-state index is 12.1. The Labute approximate surface area is 58.3 Å². The van der Waals surface area contributed by atoms with Crippen LogP contribution < -0.4 is 0 Å². The second kappa shape index (κ2) is 2.82. The highest BCUT2D eigenvalue weighted by Crippen LogP contribution is 2.00. The molecule has 0 aliphatic carbocycles. The van der Waals surface area contributed by atoms with E-state index in [4.69, 9.17) is 0 Å². The predicted octanol–water partition coefficient (Wildman–Crippen LogP) is 1.65. The Morgan fingerprint density at radius 3 is 2.78 bits per heavy atom. The highest BCUT2D eigenvalue weighted by Gasteiger charge is 1.89. The van der Waals surface area contributed by atoms with Gasteiger partial charge in [-0.2, -0.15) is 17.0 Å². The normalized spacial score (nSPS) is 9.56. The second-order valence-electron chi connectivity index (χ2n) is 1.65. The third kappa shape index (κ3) is 1.68. The van der Waals surface area contributed by atoms with Crippen LogP contribution in [0.5, 0.6) is 0 Å². The van der Waals surface area contributed by atoms with Crippen LogP contribution >= 0.6 is 12.6 Å². The average molecular weight is 143 g/mol. The van der Waals surface area contributed by atoms with Crippen LogP contribution in [-0.4, -0.2) is 4.98 Å². The molecular formula is C6H6FNS. The van der Waals surface area contributed by atoms with Crippen LogP contribution in [0, 0.1) is 5.95 Å². The van der Waals surface area contributed by atoms with Crippen molar-refractivity contribution in [2.45, 2.75) is 5.75 Å². The molecule has 0 aliphatic rings. The van der Waals surface area contributed by atoms with Gasteiger partial charge in [-0.15, -0.1) is 0 Å². The first kappa shape index (κ1) is 6.55. The van der Waals surface area contributed by atoms with Crippen molar-refractivity contribution in [1.82, 2.24) is 4.98 Å². The molecule has 0 saturated carbocycles. The summed E-state index contributed by atoms with van der Waals surface area (Å²) in [7, 11) is 0. The second-order valence-corrected chi connectivity index (χ2v) is 1.96. The zero-order valence-electron chi connectivity index (χ0n) is 4.71. The zero-order valence-corrected chi connectivity index (χ0v) is 5.61. The minimum Gasteiger partial charge on any atom is -0.228 e. The lowest BCUT2D eigenvalue weighted by Crippen LogP contribution is -1.83. The van der Waals surface area contributed by atoms with Crippen molar-refractivity contribution in [3.8, 4) is 0 Å². The van der Waals surface area contributed by atoms with Gasteiger partial charge in [-0.3, -0.25) is 0 Å². The summed E-state index contributed by atoms with van der Waals surface area (Å²) in [4.78, 5) is 3.43. The molecule has 0 bridgehead atoms. The number of thiol groups is 1. The van der Waals surface area contributed by atoms with E-state index in [1.807, 2.05) is 0 Å². The highest BCUT2D eigenvalue weighted by molar-refractivity contribution is 7.79. The van der Waals surface area contributed by atoms with Gasteiger partial charge in [-0.05, 0) is 11.6 Å². The molecule has 0 unspecified atom stereocenters. The molecule has 0 N–H and O–H groups in total. The molecular weight excluding hydrogens is 137 g/mol. The van der Waals surface area contributed by atoms with Gasteiger partial charge < -0.3 is 0 Å².